The summed E-state index contributed by atoms with van der Waals surface area (Å²) in [6.45, 7) is 6.54. The van der Waals surface area contributed by atoms with E-state index in [1.165, 1.54) is 5.56 Å². The zero-order valence-electron chi connectivity index (χ0n) is 10.3. The van der Waals surface area contributed by atoms with Gasteiger partial charge in [0.25, 0.3) is 0 Å². The van der Waals surface area contributed by atoms with E-state index in [4.69, 9.17) is 4.74 Å². The van der Waals surface area contributed by atoms with E-state index in [1.807, 2.05) is 26.1 Å². The number of aliphatic hydroxyl groups excluding tert-OH is 1. The molecular formula is C13H21NO2. The van der Waals surface area contributed by atoms with E-state index in [9.17, 15) is 5.11 Å². The maximum Gasteiger partial charge on any atom is 0.0854 e. The molecule has 0 spiro atoms. The van der Waals surface area contributed by atoms with Crippen LogP contribution < -0.4 is 0 Å². The summed E-state index contributed by atoms with van der Waals surface area (Å²) in [6.07, 6.45) is 2.78. The first-order valence-electron chi connectivity index (χ1n) is 5.90. The van der Waals surface area contributed by atoms with E-state index in [-0.39, 0.29) is 6.10 Å². The number of nitrogens with zero attached hydrogens (tertiary/aromatic N) is 1. The fraction of sp³-hybridized carbons (Fsp3) is 0.615. The number of hydrogen-bond donors (Lipinski definition) is 1. The van der Waals surface area contributed by atoms with Crippen LogP contribution >= 0.6 is 0 Å². The van der Waals surface area contributed by atoms with Crippen molar-refractivity contribution in [3.8, 4) is 0 Å². The lowest BCUT2D eigenvalue weighted by molar-refractivity contribution is -0.0211. The van der Waals surface area contributed by atoms with Crippen molar-refractivity contribution in [2.45, 2.75) is 45.8 Å². The fourth-order valence-electron chi connectivity index (χ4n) is 1.54. The molecule has 0 saturated carbocycles. The summed E-state index contributed by atoms with van der Waals surface area (Å²) in [5.74, 6) is 0. The van der Waals surface area contributed by atoms with Gasteiger partial charge in [0.2, 0.25) is 0 Å². The molecule has 3 nitrogen and oxygen atoms in total. The molecule has 2 unspecified atom stereocenters. The maximum absolute atomic E-state index is 9.86. The minimum absolute atomic E-state index is 0.141. The summed E-state index contributed by atoms with van der Waals surface area (Å²) >= 11 is 0. The van der Waals surface area contributed by atoms with Gasteiger partial charge >= 0.3 is 0 Å². The molecule has 16 heavy (non-hydrogen) atoms. The summed E-state index contributed by atoms with van der Waals surface area (Å²) in [7, 11) is 0. The van der Waals surface area contributed by atoms with Crippen LogP contribution in [0, 0.1) is 0 Å². The van der Waals surface area contributed by atoms with E-state index in [0.29, 0.717) is 13.0 Å². The second-order valence-corrected chi connectivity index (χ2v) is 3.94. The van der Waals surface area contributed by atoms with Gasteiger partial charge < -0.3 is 9.84 Å². The lowest BCUT2D eigenvalue weighted by Gasteiger charge is -2.18. The van der Waals surface area contributed by atoms with Crippen molar-refractivity contribution in [2.24, 2.45) is 0 Å². The van der Waals surface area contributed by atoms with Gasteiger partial charge in [0, 0.05) is 24.9 Å². The van der Waals surface area contributed by atoms with Crippen molar-refractivity contribution >= 4 is 0 Å². The van der Waals surface area contributed by atoms with Crippen LogP contribution in [0.4, 0.5) is 0 Å². The minimum Gasteiger partial charge on any atom is -0.390 e. The normalized spacial score (nSPS) is 14.8. The van der Waals surface area contributed by atoms with E-state index < -0.39 is 6.10 Å². The largest absolute Gasteiger partial charge is 0.390 e. The van der Waals surface area contributed by atoms with Crippen LogP contribution in [0.2, 0.25) is 0 Å². The number of aliphatic hydroxyl groups is 1. The summed E-state index contributed by atoms with van der Waals surface area (Å²) in [5.41, 5.74) is 2.13. The Hall–Kier alpha value is -0.930. The predicted molar refractivity (Wildman–Crippen MR) is 64.4 cm³/mol. The second kappa shape index (κ2) is 6.61. The molecule has 0 aliphatic rings. The first-order chi connectivity index (χ1) is 7.67. The molecule has 3 heteroatoms. The third-order valence-corrected chi connectivity index (χ3v) is 2.68. The Labute approximate surface area is 97.5 Å². The third kappa shape index (κ3) is 3.91. The molecule has 1 aromatic heterocycles. The molecule has 1 heterocycles. The number of aryl methyl sites for hydroxylation is 1. The molecular weight excluding hydrogens is 202 g/mol. The lowest BCUT2D eigenvalue weighted by atomic mass is 10.1. The van der Waals surface area contributed by atoms with E-state index in [2.05, 4.69) is 18.0 Å². The van der Waals surface area contributed by atoms with Crippen LogP contribution in [0.3, 0.4) is 0 Å². The Kier molecular flexibility index (Phi) is 5.43. The first-order valence-corrected chi connectivity index (χ1v) is 5.90. The minimum atomic E-state index is -0.486. The Morgan fingerprint density at radius 2 is 2.12 bits per heavy atom. The van der Waals surface area contributed by atoms with E-state index in [1.54, 1.807) is 0 Å². The van der Waals surface area contributed by atoms with E-state index in [0.717, 1.165) is 12.1 Å². The van der Waals surface area contributed by atoms with Gasteiger partial charge in [0.1, 0.15) is 0 Å². The van der Waals surface area contributed by atoms with Crippen LogP contribution in [0.25, 0.3) is 0 Å². The summed E-state index contributed by atoms with van der Waals surface area (Å²) < 4.78 is 5.34. The molecule has 1 aromatic rings. The SMILES string of the molecule is CCOC(C)C(O)Cc1ccc(CC)cn1. The molecule has 0 amide bonds. The van der Waals surface area contributed by atoms with Gasteiger partial charge in [-0.3, -0.25) is 4.98 Å². The highest BCUT2D eigenvalue weighted by Crippen LogP contribution is 2.07. The highest BCUT2D eigenvalue weighted by Gasteiger charge is 2.15. The molecule has 1 N–H and O–H groups in total. The average Bonchev–Trinajstić information content (AvgIpc) is 2.30. The molecule has 0 aromatic carbocycles. The Bertz CT molecular complexity index is 297. The molecule has 0 bridgehead atoms. The summed E-state index contributed by atoms with van der Waals surface area (Å²) in [5, 5.41) is 9.86. The number of aromatic nitrogens is 1. The van der Waals surface area contributed by atoms with Crippen molar-refractivity contribution in [3.63, 3.8) is 0 Å². The van der Waals surface area contributed by atoms with Crippen molar-refractivity contribution in [1.29, 1.82) is 0 Å². The van der Waals surface area contributed by atoms with Gasteiger partial charge in [-0.15, -0.1) is 0 Å². The average molecular weight is 223 g/mol. The Morgan fingerprint density at radius 1 is 1.38 bits per heavy atom. The number of ether oxygens (including phenoxy) is 1. The van der Waals surface area contributed by atoms with Gasteiger partial charge in [-0.05, 0) is 31.9 Å². The molecule has 0 aliphatic carbocycles. The number of rotatable bonds is 6. The van der Waals surface area contributed by atoms with Gasteiger partial charge in [0.15, 0.2) is 0 Å². The molecule has 0 saturated heterocycles. The standard InChI is InChI=1S/C13H21NO2/c1-4-11-6-7-12(14-9-11)8-13(15)10(3)16-5-2/h6-7,9-10,13,15H,4-5,8H2,1-3H3. The molecule has 0 fully saturated rings. The van der Waals surface area contributed by atoms with Crippen molar-refractivity contribution in [3.05, 3.63) is 29.6 Å². The fourth-order valence-corrected chi connectivity index (χ4v) is 1.54. The highest BCUT2D eigenvalue weighted by atomic mass is 16.5. The third-order valence-electron chi connectivity index (χ3n) is 2.68. The van der Waals surface area contributed by atoms with Crippen LogP contribution in [-0.2, 0) is 17.6 Å². The van der Waals surface area contributed by atoms with Gasteiger partial charge in [0.05, 0.1) is 12.2 Å². The van der Waals surface area contributed by atoms with Crippen molar-refractivity contribution in [2.75, 3.05) is 6.61 Å². The van der Waals surface area contributed by atoms with Crippen LogP contribution in [0.1, 0.15) is 32.0 Å². The summed E-state index contributed by atoms with van der Waals surface area (Å²) in [6, 6.07) is 4.03. The second-order valence-electron chi connectivity index (χ2n) is 3.94. The Balaban J connectivity index is 2.52. The number of hydrogen-bond acceptors (Lipinski definition) is 3. The highest BCUT2D eigenvalue weighted by molar-refractivity contribution is 5.14. The molecule has 90 valence electrons. The zero-order chi connectivity index (χ0) is 12.0. The predicted octanol–water partition coefficient (Wildman–Crippen LogP) is 1.97. The van der Waals surface area contributed by atoms with Gasteiger partial charge in [-0.1, -0.05) is 13.0 Å². The quantitative estimate of drug-likeness (QED) is 0.801. The van der Waals surface area contributed by atoms with Crippen molar-refractivity contribution < 1.29 is 9.84 Å². The Morgan fingerprint density at radius 3 is 2.62 bits per heavy atom. The molecule has 1 rings (SSSR count). The topological polar surface area (TPSA) is 42.4 Å². The monoisotopic (exact) mass is 223 g/mol. The van der Waals surface area contributed by atoms with Gasteiger partial charge in [-0.25, -0.2) is 0 Å². The smallest absolute Gasteiger partial charge is 0.0854 e. The first kappa shape index (κ1) is 13.1. The van der Waals surface area contributed by atoms with E-state index >= 15 is 0 Å². The molecule has 0 aliphatic heterocycles. The lowest BCUT2D eigenvalue weighted by Crippen LogP contribution is -2.28. The van der Waals surface area contributed by atoms with Crippen LogP contribution in [-0.4, -0.2) is 28.9 Å². The molecule has 2 atom stereocenters. The van der Waals surface area contributed by atoms with Gasteiger partial charge in [-0.2, -0.15) is 0 Å². The molecule has 0 radical (unpaired) electrons. The van der Waals surface area contributed by atoms with Crippen molar-refractivity contribution in [1.82, 2.24) is 4.98 Å². The van der Waals surface area contributed by atoms with Crippen LogP contribution in [0.15, 0.2) is 18.3 Å². The number of pyridine rings is 1. The maximum atomic E-state index is 9.86. The van der Waals surface area contributed by atoms with Crippen LogP contribution in [0.5, 0.6) is 0 Å². The zero-order valence-corrected chi connectivity index (χ0v) is 10.3. The summed E-state index contributed by atoms with van der Waals surface area (Å²) in [4.78, 5) is 4.32.